The molecule has 1 heterocycles. The van der Waals surface area contributed by atoms with E-state index in [2.05, 4.69) is 10.2 Å². The van der Waals surface area contributed by atoms with Crippen LogP contribution in [0.25, 0.3) is 0 Å². The van der Waals surface area contributed by atoms with E-state index in [0.29, 0.717) is 5.69 Å². The number of nitrogens with one attached hydrogen (secondary N) is 1. The molecule has 0 aliphatic heterocycles. The minimum absolute atomic E-state index is 0.186. The fourth-order valence-electron chi connectivity index (χ4n) is 2.05. The van der Waals surface area contributed by atoms with Gasteiger partial charge in [-0.1, -0.05) is 13.8 Å². The van der Waals surface area contributed by atoms with Gasteiger partial charge >= 0.3 is 0 Å². The maximum absolute atomic E-state index is 12.5. The summed E-state index contributed by atoms with van der Waals surface area (Å²) in [5.41, 5.74) is 8.19. The molecule has 0 saturated carbocycles. The van der Waals surface area contributed by atoms with Crippen LogP contribution < -0.4 is 15.4 Å². The molecule has 0 radical (unpaired) electrons. The third kappa shape index (κ3) is 2.84. The quantitative estimate of drug-likeness (QED) is 0.904. The highest BCUT2D eigenvalue weighted by atomic mass is 16.5. The van der Waals surface area contributed by atoms with E-state index >= 15 is 0 Å². The first-order valence-corrected chi connectivity index (χ1v) is 6.71. The zero-order chi connectivity index (χ0) is 15.6. The van der Waals surface area contributed by atoms with Gasteiger partial charge in [-0.15, -0.1) is 0 Å². The van der Waals surface area contributed by atoms with Crippen LogP contribution in [0.3, 0.4) is 0 Å². The summed E-state index contributed by atoms with van der Waals surface area (Å²) >= 11 is 0. The predicted octanol–water partition coefficient (Wildman–Crippen LogP) is 2.40. The number of aromatic amines is 1. The molecule has 0 spiro atoms. The van der Waals surface area contributed by atoms with Crippen molar-refractivity contribution in [3.05, 3.63) is 35.7 Å². The zero-order valence-corrected chi connectivity index (χ0v) is 12.7. The number of carbonyl (C=O) groups is 1. The molecule has 0 aliphatic carbocycles. The Morgan fingerprint density at radius 2 is 1.95 bits per heavy atom. The monoisotopic (exact) mass is 288 g/mol. The van der Waals surface area contributed by atoms with Gasteiger partial charge < -0.3 is 15.4 Å². The van der Waals surface area contributed by atoms with Gasteiger partial charge in [-0.25, -0.2) is 0 Å². The van der Waals surface area contributed by atoms with Gasteiger partial charge in [0.1, 0.15) is 5.75 Å². The molecule has 0 saturated heterocycles. The summed E-state index contributed by atoms with van der Waals surface area (Å²) < 4.78 is 5.10. The molecular formula is C15H20N4O2. The van der Waals surface area contributed by atoms with Gasteiger partial charge in [0.05, 0.1) is 18.5 Å². The van der Waals surface area contributed by atoms with Gasteiger partial charge in [0, 0.05) is 12.7 Å². The van der Waals surface area contributed by atoms with Crippen LogP contribution in [0.5, 0.6) is 5.75 Å². The number of hydrogen-bond donors (Lipinski definition) is 2. The summed E-state index contributed by atoms with van der Waals surface area (Å²) in [6, 6.07) is 7.21. The van der Waals surface area contributed by atoms with E-state index in [1.807, 2.05) is 26.0 Å². The fourth-order valence-corrected chi connectivity index (χ4v) is 2.05. The van der Waals surface area contributed by atoms with Crippen molar-refractivity contribution in [2.24, 2.45) is 0 Å². The van der Waals surface area contributed by atoms with Crippen LogP contribution >= 0.6 is 0 Å². The second kappa shape index (κ2) is 5.87. The lowest BCUT2D eigenvalue weighted by Crippen LogP contribution is -2.27. The average molecular weight is 288 g/mol. The van der Waals surface area contributed by atoms with E-state index in [0.717, 1.165) is 17.1 Å². The maximum atomic E-state index is 12.5. The van der Waals surface area contributed by atoms with E-state index in [1.165, 1.54) is 4.90 Å². The van der Waals surface area contributed by atoms with Crippen LogP contribution in [0, 0.1) is 0 Å². The molecule has 6 nitrogen and oxygen atoms in total. The Balaban J connectivity index is 2.26. The van der Waals surface area contributed by atoms with Crippen LogP contribution in [-0.4, -0.2) is 30.3 Å². The second-order valence-electron chi connectivity index (χ2n) is 5.12. The van der Waals surface area contributed by atoms with Crippen molar-refractivity contribution in [1.82, 2.24) is 10.2 Å². The van der Waals surface area contributed by atoms with Gasteiger partial charge in [0.2, 0.25) is 0 Å². The number of methoxy groups -OCH3 is 1. The number of aromatic nitrogens is 2. The standard InChI is InChI=1S/C15H20N4O2/c1-9(2)13-12(16)14(18-17-13)15(20)19(3)10-5-7-11(21-4)8-6-10/h5-9H,16H2,1-4H3,(H,17,18). The number of rotatable bonds is 4. The lowest BCUT2D eigenvalue weighted by atomic mass is 10.1. The van der Waals surface area contributed by atoms with E-state index in [1.54, 1.807) is 26.3 Å². The number of nitrogen functional groups attached to an aromatic ring is 1. The molecule has 2 rings (SSSR count). The highest BCUT2D eigenvalue weighted by Gasteiger charge is 2.22. The molecular weight excluding hydrogens is 268 g/mol. The third-order valence-electron chi connectivity index (χ3n) is 3.38. The summed E-state index contributed by atoms with van der Waals surface area (Å²) in [7, 11) is 3.29. The highest BCUT2D eigenvalue weighted by molar-refractivity contribution is 6.07. The van der Waals surface area contributed by atoms with Crippen molar-refractivity contribution in [3.63, 3.8) is 0 Å². The molecule has 1 aromatic carbocycles. The number of anilines is 2. The van der Waals surface area contributed by atoms with Crippen LogP contribution in [-0.2, 0) is 0 Å². The van der Waals surface area contributed by atoms with Crippen LogP contribution in [0.2, 0.25) is 0 Å². The molecule has 1 aromatic heterocycles. The number of hydrogen-bond acceptors (Lipinski definition) is 4. The van der Waals surface area contributed by atoms with Crippen LogP contribution in [0.15, 0.2) is 24.3 Å². The van der Waals surface area contributed by atoms with Crippen molar-refractivity contribution >= 4 is 17.3 Å². The van der Waals surface area contributed by atoms with Crippen molar-refractivity contribution in [2.75, 3.05) is 24.8 Å². The third-order valence-corrected chi connectivity index (χ3v) is 3.38. The number of H-pyrrole nitrogens is 1. The first kappa shape index (κ1) is 14.9. The van der Waals surface area contributed by atoms with E-state index < -0.39 is 0 Å². The first-order chi connectivity index (χ1) is 9.95. The van der Waals surface area contributed by atoms with Crippen molar-refractivity contribution < 1.29 is 9.53 Å². The number of amides is 1. The summed E-state index contributed by atoms with van der Waals surface area (Å²) in [4.78, 5) is 14.0. The molecule has 0 aliphatic rings. The van der Waals surface area contributed by atoms with Crippen LogP contribution in [0.4, 0.5) is 11.4 Å². The molecule has 0 atom stereocenters. The molecule has 21 heavy (non-hydrogen) atoms. The highest BCUT2D eigenvalue weighted by Crippen LogP contribution is 2.25. The van der Waals surface area contributed by atoms with Gasteiger partial charge in [0.25, 0.3) is 5.91 Å². The molecule has 2 aromatic rings. The largest absolute Gasteiger partial charge is 0.497 e. The fraction of sp³-hybridized carbons (Fsp3) is 0.333. The number of ether oxygens (including phenoxy) is 1. The number of carbonyl (C=O) groups excluding carboxylic acids is 1. The van der Waals surface area contributed by atoms with Gasteiger partial charge in [-0.3, -0.25) is 9.89 Å². The van der Waals surface area contributed by atoms with Crippen molar-refractivity contribution in [1.29, 1.82) is 0 Å². The van der Waals surface area contributed by atoms with E-state index in [4.69, 9.17) is 10.5 Å². The van der Waals surface area contributed by atoms with Crippen molar-refractivity contribution in [3.8, 4) is 5.75 Å². The molecule has 0 bridgehead atoms. The zero-order valence-electron chi connectivity index (χ0n) is 12.7. The Bertz CT molecular complexity index is 632. The maximum Gasteiger partial charge on any atom is 0.280 e. The summed E-state index contributed by atoms with van der Waals surface area (Å²) in [6.45, 7) is 3.98. The molecule has 112 valence electrons. The summed E-state index contributed by atoms with van der Waals surface area (Å²) in [5.74, 6) is 0.673. The molecule has 6 heteroatoms. The smallest absolute Gasteiger partial charge is 0.280 e. The van der Waals surface area contributed by atoms with Gasteiger partial charge in [-0.05, 0) is 30.2 Å². The number of benzene rings is 1. The molecule has 0 unspecified atom stereocenters. The summed E-state index contributed by atoms with van der Waals surface area (Å²) in [5, 5.41) is 6.89. The SMILES string of the molecule is COc1ccc(N(C)C(=O)c2n[nH]c(C(C)C)c2N)cc1. The number of nitrogens with zero attached hydrogens (tertiary/aromatic N) is 2. The second-order valence-corrected chi connectivity index (χ2v) is 5.12. The average Bonchev–Trinajstić information content (AvgIpc) is 2.87. The lowest BCUT2D eigenvalue weighted by molar-refractivity contribution is 0.0989. The van der Waals surface area contributed by atoms with Gasteiger partial charge in [0.15, 0.2) is 5.69 Å². The lowest BCUT2D eigenvalue weighted by Gasteiger charge is -2.16. The Kier molecular flexibility index (Phi) is 4.16. The Morgan fingerprint density at radius 1 is 1.33 bits per heavy atom. The topological polar surface area (TPSA) is 84.2 Å². The normalized spacial score (nSPS) is 10.7. The Hall–Kier alpha value is -2.50. The molecule has 1 amide bonds. The van der Waals surface area contributed by atoms with E-state index in [-0.39, 0.29) is 17.5 Å². The first-order valence-electron chi connectivity index (χ1n) is 6.71. The van der Waals surface area contributed by atoms with Crippen molar-refractivity contribution in [2.45, 2.75) is 19.8 Å². The number of nitrogens with two attached hydrogens (primary N) is 1. The van der Waals surface area contributed by atoms with Gasteiger partial charge in [-0.2, -0.15) is 5.10 Å². The minimum Gasteiger partial charge on any atom is -0.497 e. The summed E-state index contributed by atoms with van der Waals surface area (Å²) in [6.07, 6.45) is 0. The minimum atomic E-state index is -0.249. The van der Waals surface area contributed by atoms with E-state index in [9.17, 15) is 4.79 Å². The molecule has 3 N–H and O–H groups in total. The predicted molar refractivity (Wildman–Crippen MR) is 82.8 cm³/mol. The molecule has 0 fully saturated rings. The Morgan fingerprint density at radius 3 is 2.43 bits per heavy atom. The van der Waals surface area contributed by atoms with Crippen LogP contribution in [0.1, 0.15) is 35.9 Å². The Labute approximate surface area is 123 Å².